The second-order valence-corrected chi connectivity index (χ2v) is 4.94. The van der Waals surface area contributed by atoms with Crippen LogP contribution in [0.4, 0.5) is 0 Å². The van der Waals surface area contributed by atoms with Gasteiger partial charge in [0.15, 0.2) is 9.76 Å². The number of hydrogen-bond donors (Lipinski definition) is 1. The summed E-state index contributed by atoms with van der Waals surface area (Å²) in [5, 5.41) is 0. The molecule has 2 N–H and O–H groups in total. The van der Waals surface area contributed by atoms with E-state index >= 15 is 0 Å². The van der Waals surface area contributed by atoms with Crippen molar-refractivity contribution in [2.75, 3.05) is 0 Å². The molecule has 1 atom stereocenters. The summed E-state index contributed by atoms with van der Waals surface area (Å²) in [4.78, 5) is 0. The van der Waals surface area contributed by atoms with Crippen LogP contribution in [0.15, 0.2) is 12.7 Å². The monoisotopic (exact) mass is 133 g/mol. The molecule has 0 saturated carbocycles. The SMILES string of the molecule is C=CC(N)[SiH2]O[SiH3]. The first-order chi connectivity index (χ1) is 3.31. The first kappa shape index (κ1) is 7.09. The molecule has 0 fully saturated rings. The Morgan fingerprint density at radius 2 is 2.57 bits per heavy atom. The van der Waals surface area contributed by atoms with Crippen LogP contribution in [0.1, 0.15) is 0 Å². The molecule has 0 bridgehead atoms. The van der Waals surface area contributed by atoms with E-state index in [4.69, 9.17) is 9.85 Å². The quantitative estimate of drug-likeness (QED) is 0.351. The summed E-state index contributed by atoms with van der Waals surface area (Å²) in [5.74, 6) is 0. The highest BCUT2D eigenvalue weighted by Crippen LogP contribution is 1.72. The molecule has 0 aromatic heterocycles. The molecule has 7 heavy (non-hydrogen) atoms. The van der Waals surface area contributed by atoms with E-state index in [-0.39, 0.29) is 5.67 Å². The van der Waals surface area contributed by atoms with Gasteiger partial charge >= 0.3 is 0 Å². The van der Waals surface area contributed by atoms with Crippen molar-refractivity contribution in [1.82, 2.24) is 0 Å². The molecule has 0 aliphatic heterocycles. The molecule has 0 heterocycles. The molecule has 0 aromatic carbocycles. The van der Waals surface area contributed by atoms with Crippen LogP contribution in [0, 0.1) is 0 Å². The van der Waals surface area contributed by atoms with Crippen LogP contribution in [0.25, 0.3) is 0 Å². The fourth-order valence-corrected chi connectivity index (χ4v) is 1.94. The molecule has 0 aliphatic carbocycles. The second kappa shape index (κ2) is 4.26. The molecule has 0 radical (unpaired) electrons. The Morgan fingerprint density at radius 1 is 2.00 bits per heavy atom. The lowest BCUT2D eigenvalue weighted by molar-refractivity contribution is 0.650. The maximum absolute atomic E-state index is 5.42. The van der Waals surface area contributed by atoms with Gasteiger partial charge in [0.05, 0.1) is 0 Å². The van der Waals surface area contributed by atoms with Gasteiger partial charge in [0.25, 0.3) is 0 Å². The lowest BCUT2D eigenvalue weighted by Crippen LogP contribution is -2.25. The second-order valence-electron chi connectivity index (χ2n) is 1.35. The summed E-state index contributed by atoms with van der Waals surface area (Å²) >= 11 is 0. The van der Waals surface area contributed by atoms with E-state index in [1.54, 1.807) is 6.08 Å². The van der Waals surface area contributed by atoms with E-state index in [0.29, 0.717) is 0 Å². The van der Waals surface area contributed by atoms with Crippen molar-refractivity contribution in [3.63, 3.8) is 0 Å². The molecule has 0 rings (SSSR count). The van der Waals surface area contributed by atoms with Crippen molar-refractivity contribution in [1.29, 1.82) is 0 Å². The van der Waals surface area contributed by atoms with Crippen molar-refractivity contribution >= 4 is 20.2 Å². The third-order valence-corrected chi connectivity index (χ3v) is 2.71. The molecular formula is C3H11NOSi2. The molecular weight excluding hydrogens is 122 g/mol. The molecule has 0 saturated heterocycles. The zero-order valence-electron chi connectivity index (χ0n) is 4.55. The van der Waals surface area contributed by atoms with E-state index in [0.717, 1.165) is 10.5 Å². The predicted octanol–water partition coefficient (Wildman–Crippen LogP) is -2.16. The third-order valence-electron chi connectivity index (χ3n) is 0.662. The van der Waals surface area contributed by atoms with Crippen LogP contribution in [-0.2, 0) is 4.12 Å². The lowest BCUT2D eigenvalue weighted by atomic mass is 10.7. The molecule has 0 amide bonds. The molecule has 0 aliphatic rings. The van der Waals surface area contributed by atoms with E-state index in [1.807, 2.05) is 0 Å². The van der Waals surface area contributed by atoms with Gasteiger partial charge in [-0.25, -0.2) is 0 Å². The van der Waals surface area contributed by atoms with Gasteiger partial charge in [-0.3, -0.25) is 0 Å². The summed E-state index contributed by atoms with van der Waals surface area (Å²) in [6.45, 7) is 3.52. The normalized spacial score (nSPS) is 15.6. The lowest BCUT2D eigenvalue weighted by Gasteiger charge is -1.99. The summed E-state index contributed by atoms with van der Waals surface area (Å²) in [7, 11) is 0.393. The van der Waals surface area contributed by atoms with Crippen LogP contribution in [0.5, 0.6) is 0 Å². The van der Waals surface area contributed by atoms with Crippen LogP contribution >= 0.6 is 0 Å². The largest absolute Gasteiger partial charge is 0.467 e. The first-order valence-electron chi connectivity index (χ1n) is 2.18. The maximum Gasteiger partial charge on any atom is 0.166 e. The van der Waals surface area contributed by atoms with E-state index in [1.165, 1.54) is 0 Å². The summed E-state index contributed by atoms with van der Waals surface area (Å²) < 4.78 is 4.98. The molecule has 42 valence electrons. The highest BCUT2D eigenvalue weighted by atomic mass is 28.3. The Kier molecular flexibility index (Phi) is 4.31. The van der Waals surface area contributed by atoms with Gasteiger partial charge in [0.1, 0.15) is 10.5 Å². The summed E-state index contributed by atoms with van der Waals surface area (Å²) in [6.07, 6.45) is 1.74. The molecule has 1 unspecified atom stereocenters. The topological polar surface area (TPSA) is 35.2 Å². The van der Waals surface area contributed by atoms with Crippen LogP contribution in [0.2, 0.25) is 0 Å². The average Bonchev–Trinajstić information content (AvgIpc) is 1.68. The standard InChI is InChI=1S/C3H11NOSi2/c1-2-3(4)7-5-6/h2-3H,1,4,7H2,6H3. The Morgan fingerprint density at radius 3 is 2.71 bits per heavy atom. The molecule has 4 heteroatoms. The van der Waals surface area contributed by atoms with Crippen molar-refractivity contribution in [3.8, 4) is 0 Å². The van der Waals surface area contributed by atoms with Crippen LogP contribution in [-0.4, -0.2) is 25.9 Å². The van der Waals surface area contributed by atoms with Gasteiger partial charge in [-0.05, 0) is 0 Å². The Labute approximate surface area is 49.2 Å². The zero-order valence-corrected chi connectivity index (χ0v) is 7.97. The number of nitrogens with two attached hydrogens (primary N) is 1. The van der Waals surface area contributed by atoms with Gasteiger partial charge in [0, 0.05) is 5.67 Å². The average molecular weight is 133 g/mol. The minimum absolute atomic E-state index is 0.164. The van der Waals surface area contributed by atoms with Gasteiger partial charge in [-0.15, -0.1) is 6.58 Å². The van der Waals surface area contributed by atoms with Gasteiger partial charge in [0.2, 0.25) is 0 Å². The van der Waals surface area contributed by atoms with E-state index in [2.05, 4.69) is 6.58 Å². The summed E-state index contributed by atoms with van der Waals surface area (Å²) in [6, 6.07) is 0. The number of hydrogen-bond acceptors (Lipinski definition) is 2. The Hall–Kier alpha value is 0.0938. The van der Waals surface area contributed by atoms with Crippen molar-refractivity contribution in [3.05, 3.63) is 12.7 Å². The van der Waals surface area contributed by atoms with Crippen molar-refractivity contribution in [2.45, 2.75) is 5.67 Å². The minimum Gasteiger partial charge on any atom is -0.467 e. The first-order valence-corrected chi connectivity index (χ1v) is 4.39. The highest BCUT2D eigenvalue weighted by Gasteiger charge is 1.91. The van der Waals surface area contributed by atoms with Crippen LogP contribution < -0.4 is 5.73 Å². The van der Waals surface area contributed by atoms with E-state index < -0.39 is 9.76 Å². The predicted molar refractivity (Wildman–Crippen MR) is 37.7 cm³/mol. The Balaban J connectivity index is 2.98. The Bertz CT molecular complexity index is 58.9. The van der Waals surface area contributed by atoms with Crippen LogP contribution in [0.3, 0.4) is 0 Å². The maximum atomic E-state index is 5.42. The molecule has 2 nitrogen and oxygen atoms in total. The molecule has 0 aromatic rings. The third kappa shape index (κ3) is 3.94. The van der Waals surface area contributed by atoms with Crippen molar-refractivity contribution in [2.24, 2.45) is 5.73 Å². The fourth-order valence-electron chi connectivity index (χ4n) is 0.260. The van der Waals surface area contributed by atoms with E-state index in [9.17, 15) is 0 Å². The number of rotatable bonds is 3. The smallest absolute Gasteiger partial charge is 0.166 e. The minimum atomic E-state index is -0.432. The molecule has 0 spiro atoms. The van der Waals surface area contributed by atoms with Gasteiger partial charge < -0.3 is 9.85 Å². The fraction of sp³-hybridized carbons (Fsp3) is 0.333. The van der Waals surface area contributed by atoms with Crippen molar-refractivity contribution < 1.29 is 4.12 Å². The van der Waals surface area contributed by atoms with Gasteiger partial charge in [-0.2, -0.15) is 0 Å². The van der Waals surface area contributed by atoms with Gasteiger partial charge in [-0.1, -0.05) is 6.08 Å². The summed E-state index contributed by atoms with van der Waals surface area (Å²) in [5.41, 5.74) is 5.59. The highest BCUT2D eigenvalue weighted by molar-refractivity contribution is 6.36. The zero-order chi connectivity index (χ0) is 5.70.